The molecule has 2 heterocycles. The average molecular weight is 316 g/mol. The van der Waals surface area contributed by atoms with Gasteiger partial charge in [-0.3, -0.25) is 9.69 Å². The standard InChI is InChI=1S/C18H24N2O3/c1-22-16-8-12-3-5-19(10-14(12)9-17(16)23-2)11-18(21)20-6-4-13-7-15(13)20/h8-9,13,15H,3-7,10-11H2,1-2H3. The van der Waals surface area contributed by atoms with E-state index in [2.05, 4.69) is 21.9 Å². The van der Waals surface area contributed by atoms with Crippen molar-refractivity contribution in [2.45, 2.75) is 31.8 Å². The molecular weight excluding hydrogens is 292 g/mol. The first-order valence-corrected chi connectivity index (χ1v) is 8.45. The summed E-state index contributed by atoms with van der Waals surface area (Å²) in [5.74, 6) is 2.66. The molecule has 5 nitrogen and oxygen atoms in total. The molecule has 1 aromatic carbocycles. The molecule has 3 aliphatic rings. The van der Waals surface area contributed by atoms with Crippen LogP contribution in [0.2, 0.25) is 0 Å². The lowest BCUT2D eigenvalue weighted by Crippen LogP contribution is -2.42. The van der Waals surface area contributed by atoms with Crippen molar-refractivity contribution in [1.29, 1.82) is 0 Å². The molecule has 2 atom stereocenters. The molecule has 1 saturated carbocycles. The highest BCUT2D eigenvalue weighted by molar-refractivity contribution is 5.79. The summed E-state index contributed by atoms with van der Waals surface area (Å²) in [5.41, 5.74) is 2.54. The van der Waals surface area contributed by atoms with Gasteiger partial charge in [-0.25, -0.2) is 0 Å². The maximum absolute atomic E-state index is 12.5. The summed E-state index contributed by atoms with van der Waals surface area (Å²) in [7, 11) is 3.33. The zero-order valence-corrected chi connectivity index (χ0v) is 13.9. The summed E-state index contributed by atoms with van der Waals surface area (Å²) in [6.07, 6.45) is 3.39. The first kappa shape index (κ1) is 14.8. The van der Waals surface area contributed by atoms with Crippen LogP contribution in [0.1, 0.15) is 24.0 Å². The number of piperidine rings is 1. The third-order valence-electron chi connectivity index (χ3n) is 5.50. The number of fused-ring (bicyclic) bond motifs is 2. The Morgan fingerprint density at radius 2 is 1.91 bits per heavy atom. The van der Waals surface area contributed by atoms with Gasteiger partial charge in [0.1, 0.15) is 0 Å². The number of carbonyl (C=O) groups excluding carboxylic acids is 1. The van der Waals surface area contributed by atoms with Gasteiger partial charge < -0.3 is 14.4 Å². The van der Waals surface area contributed by atoms with Crippen molar-refractivity contribution in [3.63, 3.8) is 0 Å². The van der Waals surface area contributed by atoms with Crippen LogP contribution in [0, 0.1) is 5.92 Å². The van der Waals surface area contributed by atoms with Crippen LogP contribution in [0.25, 0.3) is 0 Å². The monoisotopic (exact) mass is 316 g/mol. The lowest BCUT2D eigenvalue weighted by Gasteiger charge is -2.30. The van der Waals surface area contributed by atoms with Gasteiger partial charge in [0.2, 0.25) is 5.91 Å². The number of nitrogens with zero attached hydrogens (tertiary/aromatic N) is 2. The number of hydrogen-bond donors (Lipinski definition) is 0. The molecule has 0 bridgehead atoms. The second-order valence-electron chi connectivity index (χ2n) is 6.88. The van der Waals surface area contributed by atoms with Crippen LogP contribution in [0.3, 0.4) is 0 Å². The number of ether oxygens (including phenoxy) is 2. The van der Waals surface area contributed by atoms with E-state index < -0.39 is 0 Å². The molecular formula is C18H24N2O3. The zero-order valence-electron chi connectivity index (χ0n) is 13.9. The number of methoxy groups -OCH3 is 2. The highest BCUT2D eigenvalue weighted by atomic mass is 16.5. The molecule has 0 N–H and O–H groups in total. The number of benzene rings is 1. The van der Waals surface area contributed by atoms with Gasteiger partial charge >= 0.3 is 0 Å². The third kappa shape index (κ3) is 2.67. The van der Waals surface area contributed by atoms with Crippen LogP contribution in [-0.4, -0.2) is 55.6 Å². The topological polar surface area (TPSA) is 42.0 Å². The Morgan fingerprint density at radius 3 is 2.52 bits per heavy atom. The number of carbonyl (C=O) groups is 1. The van der Waals surface area contributed by atoms with E-state index in [1.54, 1.807) is 14.2 Å². The van der Waals surface area contributed by atoms with Gasteiger partial charge in [0.05, 0.1) is 20.8 Å². The number of rotatable bonds is 4. The van der Waals surface area contributed by atoms with Crippen molar-refractivity contribution in [2.75, 3.05) is 33.9 Å². The van der Waals surface area contributed by atoms with Gasteiger partial charge in [0, 0.05) is 25.7 Å². The van der Waals surface area contributed by atoms with Gasteiger partial charge in [-0.05, 0) is 48.4 Å². The molecule has 2 fully saturated rings. The molecule has 1 aromatic rings. The predicted octanol–water partition coefficient (Wildman–Crippen LogP) is 1.68. The maximum atomic E-state index is 12.5. The first-order valence-electron chi connectivity index (χ1n) is 8.45. The third-order valence-corrected chi connectivity index (χ3v) is 5.50. The number of hydrogen-bond acceptors (Lipinski definition) is 4. The van der Waals surface area contributed by atoms with E-state index in [9.17, 15) is 4.79 Å². The van der Waals surface area contributed by atoms with Crippen molar-refractivity contribution in [1.82, 2.24) is 9.80 Å². The molecule has 4 rings (SSSR count). The van der Waals surface area contributed by atoms with Crippen molar-refractivity contribution in [3.8, 4) is 11.5 Å². The minimum absolute atomic E-state index is 0.305. The van der Waals surface area contributed by atoms with E-state index in [0.29, 0.717) is 18.5 Å². The van der Waals surface area contributed by atoms with E-state index in [4.69, 9.17) is 9.47 Å². The summed E-state index contributed by atoms with van der Waals surface area (Å²) in [6.45, 7) is 3.24. The van der Waals surface area contributed by atoms with E-state index >= 15 is 0 Å². The fourth-order valence-electron chi connectivity index (χ4n) is 4.06. The quantitative estimate of drug-likeness (QED) is 0.848. The van der Waals surface area contributed by atoms with Crippen LogP contribution < -0.4 is 9.47 Å². The Bertz CT molecular complexity index is 631. The molecule has 23 heavy (non-hydrogen) atoms. The SMILES string of the molecule is COc1cc2c(cc1OC)CN(CC(=O)N1CCC3CC31)CC2. The van der Waals surface area contributed by atoms with Crippen LogP contribution in [0.4, 0.5) is 0 Å². The number of likely N-dealkylation sites (tertiary alicyclic amines) is 1. The van der Waals surface area contributed by atoms with E-state index in [1.807, 2.05) is 0 Å². The fraction of sp³-hybridized carbons (Fsp3) is 0.611. The second kappa shape index (κ2) is 5.71. The van der Waals surface area contributed by atoms with E-state index in [1.165, 1.54) is 24.0 Å². The summed E-state index contributed by atoms with van der Waals surface area (Å²) >= 11 is 0. The van der Waals surface area contributed by atoms with Crippen molar-refractivity contribution >= 4 is 5.91 Å². The molecule has 124 valence electrons. The molecule has 1 amide bonds. The van der Waals surface area contributed by atoms with E-state index in [0.717, 1.165) is 43.5 Å². The molecule has 5 heteroatoms. The molecule has 1 saturated heterocycles. The summed E-state index contributed by atoms with van der Waals surface area (Å²) in [6, 6.07) is 4.68. The Labute approximate surface area is 137 Å². The lowest BCUT2D eigenvalue weighted by molar-refractivity contribution is -0.132. The zero-order chi connectivity index (χ0) is 16.0. The Morgan fingerprint density at radius 1 is 1.17 bits per heavy atom. The number of amides is 1. The molecule has 0 radical (unpaired) electrons. The Balaban J connectivity index is 1.44. The van der Waals surface area contributed by atoms with E-state index in [-0.39, 0.29) is 0 Å². The van der Waals surface area contributed by atoms with Gasteiger partial charge in [0.15, 0.2) is 11.5 Å². The van der Waals surface area contributed by atoms with Gasteiger partial charge in [-0.2, -0.15) is 0 Å². The van der Waals surface area contributed by atoms with Gasteiger partial charge in [0.25, 0.3) is 0 Å². The van der Waals surface area contributed by atoms with Crippen LogP contribution in [-0.2, 0) is 17.8 Å². The van der Waals surface area contributed by atoms with Crippen molar-refractivity contribution < 1.29 is 14.3 Å². The summed E-state index contributed by atoms with van der Waals surface area (Å²) in [4.78, 5) is 16.9. The smallest absolute Gasteiger partial charge is 0.237 e. The minimum atomic E-state index is 0.305. The highest BCUT2D eigenvalue weighted by Gasteiger charge is 2.48. The average Bonchev–Trinajstić information content (AvgIpc) is 3.23. The summed E-state index contributed by atoms with van der Waals surface area (Å²) in [5, 5.41) is 0. The maximum Gasteiger partial charge on any atom is 0.237 e. The molecule has 0 aromatic heterocycles. The molecule has 1 aliphatic carbocycles. The van der Waals surface area contributed by atoms with Crippen molar-refractivity contribution in [2.24, 2.45) is 5.92 Å². The summed E-state index contributed by atoms with van der Waals surface area (Å²) < 4.78 is 10.8. The largest absolute Gasteiger partial charge is 0.493 e. The van der Waals surface area contributed by atoms with Crippen LogP contribution >= 0.6 is 0 Å². The van der Waals surface area contributed by atoms with Crippen LogP contribution in [0.15, 0.2) is 12.1 Å². The van der Waals surface area contributed by atoms with Crippen molar-refractivity contribution in [3.05, 3.63) is 23.3 Å². The molecule has 2 unspecified atom stereocenters. The second-order valence-corrected chi connectivity index (χ2v) is 6.88. The lowest BCUT2D eigenvalue weighted by atomic mass is 9.99. The van der Waals surface area contributed by atoms with Gasteiger partial charge in [-0.15, -0.1) is 0 Å². The fourth-order valence-corrected chi connectivity index (χ4v) is 4.06. The Hall–Kier alpha value is -1.75. The Kier molecular flexibility index (Phi) is 3.68. The van der Waals surface area contributed by atoms with Gasteiger partial charge in [-0.1, -0.05) is 0 Å². The highest BCUT2D eigenvalue weighted by Crippen LogP contribution is 2.44. The first-order chi connectivity index (χ1) is 11.2. The normalized spacial score (nSPS) is 25.7. The molecule has 0 spiro atoms. The van der Waals surface area contributed by atoms with Crippen LogP contribution in [0.5, 0.6) is 11.5 Å². The molecule has 2 aliphatic heterocycles. The predicted molar refractivity (Wildman–Crippen MR) is 86.8 cm³/mol. The minimum Gasteiger partial charge on any atom is -0.493 e.